The van der Waals surface area contributed by atoms with Gasteiger partial charge in [0.05, 0.1) is 0 Å². The van der Waals surface area contributed by atoms with E-state index in [0.717, 1.165) is 19.1 Å². The maximum atomic E-state index is 9.74. The van der Waals surface area contributed by atoms with Crippen LogP contribution < -0.4 is 0 Å². The van der Waals surface area contributed by atoms with Crippen LogP contribution in [0.15, 0.2) is 12.2 Å². The van der Waals surface area contributed by atoms with Gasteiger partial charge in [0.2, 0.25) is 0 Å². The third-order valence-electron chi connectivity index (χ3n) is 0.928. The molecule has 0 saturated heterocycles. The predicted molar refractivity (Wildman–Crippen MR) is 36.1 cm³/mol. The molecule has 0 aromatic carbocycles. The molecule has 0 bridgehead atoms. The lowest BCUT2D eigenvalue weighted by molar-refractivity contribution is -0.107. The van der Waals surface area contributed by atoms with Gasteiger partial charge in [-0.2, -0.15) is 0 Å². The Bertz CT molecular complexity index is 86.9. The smallest absolute Gasteiger partial charge is 0.123 e. The van der Waals surface area contributed by atoms with E-state index in [-0.39, 0.29) is 6.61 Å². The highest BCUT2D eigenvalue weighted by molar-refractivity contribution is 5.51. The Labute approximate surface area is 55.2 Å². The van der Waals surface area contributed by atoms with Gasteiger partial charge < -0.3 is 9.90 Å². The Morgan fingerprint density at radius 2 is 2.11 bits per heavy atom. The number of unbranched alkanes of at least 4 members (excludes halogenated alkanes) is 1. The summed E-state index contributed by atoms with van der Waals surface area (Å²) in [5, 5.41) is 8.32. The van der Waals surface area contributed by atoms with Crippen LogP contribution in [0.3, 0.4) is 0 Å². The second kappa shape index (κ2) is 7.37. The van der Waals surface area contributed by atoms with Crippen LogP contribution >= 0.6 is 0 Å². The Kier molecular flexibility index (Phi) is 6.85. The molecule has 0 rings (SSSR count). The maximum Gasteiger partial charge on any atom is 0.123 e. The SMILES string of the molecule is O=CC/C=C\CCCO. The number of aliphatic hydroxyl groups excluding tert-OH is 1. The summed E-state index contributed by atoms with van der Waals surface area (Å²) in [6, 6.07) is 0. The summed E-state index contributed by atoms with van der Waals surface area (Å²) in [6.07, 6.45) is 6.72. The van der Waals surface area contributed by atoms with E-state index >= 15 is 0 Å². The first-order valence-electron chi connectivity index (χ1n) is 3.11. The third kappa shape index (κ3) is 7.37. The van der Waals surface area contributed by atoms with E-state index in [1.54, 1.807) is 0 Å². The summed E-state index contributed by atoms with van der Waals surface area (Å²) in [5.74, 6) is 0. The fourth-order valence-electron chi connectivity index (χ4n) is 0.479. The van der Waals surface area contributed by atoms with Crippen LogP contribution in [0.25, 0.3) is 0 Å². The molecular formula is C7H12O2. The van der Waals surface area contributed by atoms with Gasteiger partial charge >= 0.3 is 0 Å². The molecule has 2 nitrogen and oxygen atoms in total. The highest BCUT2D eigenvalue weighted by Crippen LogP contribution is 1.89. The van der Waals surface area contributed by atoms with E-state index in [0.29, 0.717) is 6.42 Å². The predicted octanol–water partition coefficient (Wildman–Crippen LogP) is 0.904. The van der Waals surface area contributed by atoms with Gasteiger partial charge in [0.25, 0.3) is 0 Å². The number of rotatable bonds is 5. The molecule has 0 saturated carbocycles. The molecule has 52 valence electrons. The second-order valence-corrected chi connectivity index (χ2v) is 1.74. The van der Waals surface area contributed by atoms with E-state index in [2.05, 4.69) is 0 Å². The van der Waals surface area contributed by atoms with Crippen molar-refractivity contribution in [1.29, 1.82) is 0 Å². The van der Waals surface area contributed by atoms with Gasteiger partial charge in [0, 0.05) is 13.0 Å². The minimum Gasteiger partial charge on any atom is -0.396 e. The number of carbonyl (C=O) groups excluding carboxylic acids is 1. The zero-order valence-electron chi connectivity index (χ0n) is 5.42. The number of hydrogen-bond acceptors (Lipinski definition) is 2. The quantitative estimate of drug-likeness (QED) is 0.339. The van der Waals surface area contributed by atoms with E-state index < -0.39 is 0 Å². The monoisotopic (exact) mass is 128 g/mol. The molecular weight excluding hydrogens is 116 g/mol. The van der Waals surface area contributed by atoms with Gasteiger partial charge in [-0.05, 0) is 12.8 Å². The van der Waals surface area contributed by atoms with Crippen LogP contribution in [0, 0.1) is 0 Å². The zero-order chi connectivity index (χ0) is 6.95. The Morgan fingerprint density at radius 3 is 2.67 bits per heavy atom. The molecule has 0 atom stereocenters. The number of allylic oxidation sites excluding steroid dienone is 2. The van der Waals surface area contributed by atoms with Gasteiger partial charge in [-0.3, -0.25) is 0 Å². The summed E-state index contributed by atoms with van der Waals surface area (Å²) >= 11 is 0. The molecule has 0 aromatic heterocycles. The molecule has 0 aliphatic heterocycles. The van der Waals surface area contributed by atoms with Gasteiger partial charge in [-0.15, -0.1) is 0 Å². The molecule has 0 heterocycles. The van der Waals surface area contributed by atoms with Crippen molar-refractivity contribution in [2.75, 3.05) is 6.61 Å². The molecule has 1 N–H and O–H groups in total. The molecule has 0 fully saturated rings. The van der Waals surface area contributed by atoms with Crippen molar-refractivity contribution in [2.45, 2.75) is 19.3 Å². The van der Waals surface area contributed by atoms with E-state index in [1.165, 1.54) is 0 Å². The van der Waals surface area contributed by atoms with E-state index in [1.807, 2.05) is 12.2 Å². The molecule has 0 aromatic rings. The summed E-state index contributed by atoms with van der Waals surface area (Å²) in [6.45, 7) is 0.228. The molecule has 0 aliphatic rings. The van der Waals surface area contributed by atoms with E-state index in [4.69, 9.17) is 5.11 Å². The molecule has 2 heteroatoms. The van der Waals surface area contributed by atoms with Gasteiger partial charge in [0.1, 0.15) is 6.29 Å². The first-order valence-corrected chi connectivity index (χ1v) is 3.11. The Morgan fingerprint density at radius 1 is 1.33 bits per heavy atom. The van der Waals surface area contributed by atoms with Crippen molar-refractivity contribution in [1.82, 2.24) is 0 Å². The van der Waals surface area contributed by atoms with Crippen molar-refractivity contribution in [3.8, 4) is 0 Å². The topological polar surface area (TPSA) is 37.3 Å². The second-order valence-electron chi connectivity index (χ2n) is 1.74. The fraction of sp³-hybridized carbons (Fsp3) is 0.571. The van der Waals surface area contributed by atoms with Crippen molar-refractivity contribution < 1.29 is 9.90 Å². The van der Waals surface area contributed by atoms with Crippen LogP contribution in [-0.2, 0) is 4.79 Å². The minimum absolute atomic E-state index is 0.228. The molecule has 0 unspecified atom stereocenters. The Balaban J connectivity index is 2.94. The normalized spacial score (nSPS) is 10.3. The summed E-state index contributed by atoms with van der Waals surface area (Å²) in [7, 11) is 0. The maximum absolute atomic E-state index is 9.74. The van der Waals surface area contributed by atoms with Gasteiger partial charge in [-0.1, -0.05) is 12.2 Å². The summed E-state index contributed by atoms with van der Waals surface area (Å²) in [4.78, 5) is 9.74. The number of carbonyl (C=O) groups is 1. The first-order chi connectivity index (χ1) is 4.41. The lowest BCUT2D eigenvalue weighted by Gasteiger charge is -1.85. The summed E-state index contributed by atoms with van der Waals surface area (Å²) in [5.41, 5.74) is 0. The number of aldehydes is 1. The molecule has 0 spiro atoms. The average Bonchev–Trinajstić information content (AvgIpc) is 1.89. The van der Waals surface area contributed by atoms with Gasteiger partial charge in [-0.25, -0.2) is 0 Å². The van der Waals surface area contributed by atoms with Crippen molar-refractivity contribution in [3.05, 3.63) is 12.2 Å². The largest absolute Gasteiger partial charge is 0.396 e. The molecule has 0 aliphatic carbocycles. The van der Waals surface area contributed by atoms with E-state index in [9.17, 15) is 4.79 Å². The molecule has 0 radical (unpaired) electrons. The minimum atomic E-state index is 0.228. The van der Waals surface area contributed by atoms with Crippen LogP contribution in [0.5, 0.6) is 0 Å². The van der Waals surface area contributed by atoms with Crippen LogP contribution in [-0.4, -0.2) is 18.0 Å². The third-order valence-corrected chi connectivity index (χ3v) is 0.928. The Hall–Kier alpha value is -0.630. The zero-order valence-corrected chi connectivity index (χ0v) is 5.42. The number of hydrogen-bond donors (Lipinski definition) is 1. The lowest BCUT2D eigenvalue weighted by atomic mass is 10.3. The molecule has 0 amide bonds. The van der Waals surface area contributed by atoms with Crippen LogP contribution in [0.4, 0.5) is 0 Å². The highest BCUT2D eigenvalue weighted by Gasteiger charge is 1.77. The van der Waals surface area contributed by atoms with Crippen LogP contribution in [0.1, 0.15) is 19.3 Å². The standard InChI is InChI=1S/C7H12O2/c8-6-4-2-1-3-5-7-9/h1-2,6,9H,3-5,7H2/b2-1-. The van der Waals surface area contributed by atoms with Crippen LogP contribution in [0.2, 0.25) is 0 Å². The van der Waals surface area contributed by atoms with Crippen molar-refractivity contribution in [3.63, 3.8) is 0 Å². The van der Waals surface area contributed by atoms with Crippen molar-refractivity contribution in [2.24, 2.45) is 0 Å². The van der Waals surface area contributed by atoms with Crippen molar-refractivity contribution >= 4 is 6.29 Å². The van der Waals surface area contributed by atoms with Gasteiger partial charge in [0.15, 0.2) is 0 Å². The average molecular weight is 128 g/mol. The molecule has 9 heavy (non-hydrogen) atoms. The number of aliphatic hydroxyl groups is 1. The highest BCUT2D eigenvalue weighted by atomic mass is 16.2. The lowest BCUT2D eigenvalue weighted by Crippen LogP contribution is -1.78. The fourth-order valence-corrected chi connectivity index (χ4v) is 0.479. The summed E-state index contributed by atoms with van der Waals surface area (Å²) < 4.78 is 0. The first kappa shape index (κ1) is 8.37.